The van der Waals surface area contributed by atoms with Crippen LogP contribution in [-0.2, 0) is 12.8 Å². The van der Waals surface area contributed by atoms with Gasteiger partial charge >= 0.3 is 0 Å². The molecule has 86 valence electrons. The fraction of sp³-hybridized carbons (Fsp3) is 0.250. The van der Waals surface area contributed by atoms with E-state index in [1.165, 1.54) is 36.5 Å². The maximum Gasteiger partial charge on any atom is 0.131 e. The lowest BCUT2D eigenvalue weighted by Crippen LogP contribution is -2.02. The smallest absolute Gasteiger partial charge is 0.131 e. The molecule has 1 aliphatic carbocycles. The van der Waals surface area contributed by atoms with E-state index in [1.54, 1.807) is 6.07 Å². The summed E-state index contributed by atoms with van der Waals surface area (Å²) in [6.07, 6.45) is 4.85. The molecule has 1 heteroatoms. The number of aryl methyl sites for hydroxylation is 2. The largest absolute Gasteiger partial charge is 0.206 e. The lowest BCUT2D eigenvalue weighted by atomic mass is 9.89. The van der Waals surface area contributed by atoms with Crippen LogP contribution in [0.25, 0.3) is 11.1 Å². The molecule has 0 radical (unpaired) electrons. The monoisotopic (exact) mass is 226 g/mol. The number of benzene rings is 2. The van der Waals surface area contributed by atoms with Crippen LogP contribution < -0.4 is 0 Å². The van der Waals surface area contributed by atoms with Crippen LogP contribution in [0.15, 0.2) is 42.5 Å². The van der Waals surface area contributed by atoms with E-state index in [-0.39, 0.29) is 5.82 Å². The van der Waals surface area contributed by atoms with Crippen LogP contribution in [0, 0.1) is 5.82 Å². The van der Waals surface area contributed by atoms with E-state index in [0.717, 1.165) is 12.0 Å². The summed E-state index contributed by atoms with van der Waals surface area (Å²) in [6.45, 7) is 0. The molecule has 0 amide bonds. The Labute approximate surface area is 101 Å². The van der Waals surface area contributed by atoms with Gasteiger partial charge in [-0.25, -0.2) is 4.39 Å². The summed E-state index contributed by atoms with van der Waals surface area (Å²) in [6, 6.07) is 13.4. The Hall–Kier alpha value is -1.63. The van der Waals surface area contributed by atoms with Gasteiger partial charge in [-0.15, -0.1) is 0 Å². The van der Waals surface area contributed by atoms with Crippen LogP contribution in [0.2, 0.25) is 0 Å². The van der Waals surface area contributed by atoms with Crippen molar-refractivity contribution in [2.75, 3.05) is 0 Å². The summed E-state index contributed by atoms with van der Waals surface area (Å²) in [4.78, 5) is 0. The van der Waals surface area contributed by atoms with Crippen molar-refractivity contribution in [3.8, 4) is 11.1 Å². The van der Waals surface area contributed by atoms with Gasteiger partial charge in [-0.05, 0) is 48.4 Å². The summed E-state index contributed by atoms with van der Waals surface area (Å²) < 4.78 is 13.7. The van der Waals surface area contributed by atoms with E-state index >= 15 is 0 Å². The lowest BCUT2D eigenvalue weighted by Gasteiger charge is -2.16. The van der Waals surface area contributed by atoms with Crippen LogP contribution in [0.4, 0.5) is 4.39 Å². The third-order valence-electron chi connectivity index (χ3n) is 3.53. The topological polar surface area (TPSA) is 0 Å². The van der Waals surface area contributed by atoms with Crippen molar-refractivity contribution in [3.63, 3.8) is 0 Å². The standard InChI is InChI=1S/C16H15F/c17-16-8-4-3-7-15(16)14-10-9-12-5-1-2-6-13(12)11-14/h3-4,7-11H,1-2,5-6H2. The second-order valence-corrected chi connectivity index (χ2v) is 4.67. The van der Waals surface area contributed by atoms with Gasteiger partial charge < -0.3 is 0 Å². The van der Waals surface area contributed by atoms with Crippen LogP contribution in [0.5, 0.6) is 0 Å². The number of fused-ring (bicyclic) bond motifs is 1. The van der Waals surface area contributed by atoms with Gasteiger partial charge in [-0.3, -0.25) is 0 Å². The molecule has 17 heavy (non-hydrogen) atoms. The van der Waals surface area contributed by atoms with Gasteiger partial charge in [-0.1, -0.05) is 36.4 Å². The Morgan fingerprint density at radius 3 is 2.41 bits per heavy atom. The minimum absolute atomic E-state index is 0.136. The SMILES string of the molecule is Fc1ccccc1-c1ccc2c(c1)CCCC2. The van der Waals surface area contributed by atoms with Gasteiger partial charge in [-0.2, -0.15) is 0 Å². The highest BCUT2D eigenvalue weighted by Gasteiger charge is 2.11. The second-order valence-electron chi connectivity index (χ2n) is 4.67. The fourth-order valence-corrected chi connectivity index (χ4v) is 2.60. The van der Waals surface area contributed by atoms with Crippen molar-refractivity contribution >= 4 is 0 Å². The van der Waals surface area contributed by atoms with Gasteiger partial charge in [0, 0.05) is 5.56 Å². The molecule has 0 fully saturated rings. The van der Waals surface area contributed by atoms with Crippen LogP contribution in [-0.4, -0.2) is 0 Å². The molecule has 3 rings (SSSR count). The molecule has 0 spiro atoms. The Morgan fingerprint density at radius 2 is 1.59 bits per heavy atom. The molecule has 0 nitrogen and oxygen atoms in total. The van der Waals surface area contributed by atoms with E-state index in [2.05, 4.69) is 12.1 Å². The van der Waals surface area contributed by atoms with Crippen molar-refractivity contribution in [2.24, 2.45) is 0 Å². The molecule has 2 aromatic carbocycles. The van der Waals surface area contributed by atoms with Gasteiger partial charge in [0.15, 0.2) is 0 Å². The normalized spacial score (nSPS) is 14.4. The third-order valence-corrected chi connectivity index (χ3v) is 3.53. The fourth-order valence-electron chi connectivity index (χ4n) is 2.60. The van der Waals surface area contributed by atoms with Gasteiger partial charge in [0.2, 0.25) is 0 Å². The Kier molecular flexibility index (Phi) is 2.68. The minimum Gasteiger partial charge on any atom is -0.206 e. The first-order valence-corrected chi connectivity index (χ1v) is 6.21. The highest BCUT2D eigenvalue weighted by atomic mass is 19.1. The molecule has 0 aliphatic heterocycles. The molecule has 0 aromatic heterocycles. The summed E-state index contributed by atoms with van der Waals surface area (Å²) in [5.74, 6) is -0.136. The highest BCUT2D eigenvalue weighted by Crippen LogP contribution is 2.28. The molecule has 0 N–H and O–H groups in total. The quantitative estimate of drug-likeness (QED) is 0.677. The van der Waals surface area contributed by atoms with E-state index in [0.29, 0.717) is 5.56 Å². The molecule has 2 aromatic rings. The molecule has 0 saturated heterocycles. The van der Waals surface area contributed by atoms with E-state index in [4.69, 9.17) is 0 Å². The first-order valence-electron chi connectivity index (χ1n) is 6.21. The summed E-state index contributed by atoms with van der Waals surface area (Å²) in [5.41, 5.74) is 4.55. The maximum atomic E-state index is 13.7. The zero-order chi connectivity index (χ0) is 11.7. The zero-order valence-corrected chi connectivity index (χ0v) is 9.75. The van der Waals surface area contributed by atoms with Crippen LogP contribution in [0.3, 0.4) is 0 Å². The molecule has 0 heterocycles. The Morgan fingerprint density at radius 1 is 0.824 bits per heavy atom. The Bertz CT molecular complexity index is 543. The number of hydrogen-bond acceptors (Lipinski definition) is 0. The molecule has 0 saturated carbocycles. The zero-order valence-electron chi connectivity index (χ0n) is 9.75. The molecule has 0 atom stereocenters. The van der Waals surface area contributed by atoms with Crippen molar-refractivity contribution in [1.29, 1.82) is 0 Å². The maximum absolute atomic E-state index is 13.7. The first kappa shape index (κ1) is 10.5. The first-order chi connectivity index (χ1) is 8.34. The van der Waals surface area contributed by atoms with Gasteiger partial charge in [0.1, 0.15) is 5.82 Å². The predicted octanol–water partition coefficient (Wildman–Crippen LogP) is 4.37. The van der Waals surface area contributed by atoms with E-state index in [9.17, 15) is 4.39 Å². The summed E-state index contributed by atoms with van der Waals surface area (Å²) in [5, 5.41) is 0. The average Bonchev–Trinajstić information content (AvgIpc) is 2.39. The van der Waals surface area contributed by atoms with E-state index < -0.39 is 0 Å². The predicted molar refractivity (Wildman–Crippen MR) is 68.5 cm³/mol. The van der Waals surface area contributed by atoms with Crippen molar-refractivity contribution in [1.82, 2.24) is 0 Å². The molecular weight excluding hydrogens is 211 g/mol. The van der Waals surface area contributed by atoms with Gasteiger partial charge in [0.05, 0.1) is 0 Å². The Balaban J connectivity index is 2.07. The second kappa shape index (κ2) is 4.33. The molecule has 0 unspecified atom stereocenters. The minimum atomic E-state index is -0.136. The molecular formula is C16H15F. The van der Waals surface area contributed by atoms with Crippen molar-refractivity contribution < 1.29 is 4.39 Å². The van der Waals surface area contributed by atoms with Crippen LogP contribution >= 0.6 is 0 Å². The molecule has 1 aliphatic rings. The number of halogens is 1. The third kappa shape index (κ3) is 1.97. The van der Waals surface area contributed by atoms with Crippen LogP contribution in [0.1, 0.15) is 24.0 Å². The van der Waals surface area contributed by atoms with E-state index in [1.807, 2.05) is 18.2 Å². The number of hydrogen-bond donors (Lipinski definition) is 0. The average molecular weight is 226 g/mol. The summed E-state index contributed by atoms with van der Waals surface area (Å²) >= 11 is 0. The van der Waals surface area contributed by atoms with Crippen molar-refractivity contribution in [2.45, 2.75) is 25.7 Å². The highest BCUT2D eigenvalue weighted by molar-refractivity contribution is 5.65. The van der Waals surface area contributed by atoms with Crippen molar-refractivity contribution in [3.05, 3.63) is 59.4 Å². The summed E-state index contributed by atoms with van der Waals surface area (Å²) in [7, 11) is 0. The lowest BCUT2D eigenvalue weighted by molar-refractivity contribution is 0.631. The number of rotatable bonds is 1. The molecule has 0 bridgehead atoms. The van der Waals surface area contributed by atoms with Gasteiger partial charge in [0.25, 0.3) is 0 Å².